The van der Waals surface area contributed by atoms with Crippen LogP contribution in [0.1, 0.15) is 22.8 Å². The number of benzene rings is 2. The van der Waals surface area contributed by atoms with Gasteiger partial charge in [-0.15, -0.1) is 0 Å². The number of esters is 1. The number of rotatable bonds is 5. The molecule has 0 aliphatic carbocycles. The second-order valence-corrected chi connectivity index (χ2v) is 6.86. The zero-order valence-corrected chi connectivity index (χ0v) is 14.5. The van der Waals surface area contributed by atoms with E-state index in [4.69, 9.17) is 15.1 Å². The van der Waals surface area contributed by atoms with E-state index in [1.165, 1.54) is 37.3 Å². The molecule has 0 bridgehead atoms. The molecule has 0 aliphatic heterocycles. The third kappa shape index (κ3) is 4.89. The number of carbonyl (C=O) groups excluding carboxylic acids is 2. The Balaban J connectivity index is 2.01. The van der Waals surface area contributed by atoms with E-state index in [0.717, 1.165) is 0 Å². The molecule has 3 N–H and O–H groups in total. The predicted molar refractivity (Wildman–Crippen MR) is 92.5 cm³/mol. The van der Waals surface area contributed by atoms with Crippen LogP contribution in [0.3, 0.4) is 0 Å². The quantitative estimate of drug-likeness (QED) is 0.759. The van der Waals surface area contributed by atoms with E-state index in [1.807, 2.05) is 6.07 Å². The van der Waals surface area contributed by atoms with Gasteiger partial charge in [0.05, 0.1) is 22.1 Å². The van der Waals surface area contributed by atoms with Crippen LogP contribution in [0.4, 0.5) is 5.69 Å². The highest BCUT2D eigenvalue weighted by atomic mass is 32.2. The molecule has 0 heterocycles. The van der Waals surface area contributed by atoms with Gasteiger partial charge >= 0.3 is 5.97 Å². The lowest BCUT2D eigenvalue weighted by Crippen LogP contribution is -2.30. The molecule has 0 fully saturated rings. The fourth-order valence-corrected chi connectivity index (χ4v) is 2.49. The number of amides is 1. The normalized spacial score (nSPS) is 11.9. The van der Waals surface area contributed by atoms with Crippen molar-refractivity contribution in [3.63, 3.8) is 0 Å². The van der Waals surface area contributed by atoms with Gasteiger partial charge < -0.3 is 10.1 Å². The summed E-state index contributed by atoms with van der Waals surface area (Å²) in [4.78, 5) is 24.0. The SMILES string of the molecule is C[C@@H](OC(=O)c1ccc(S(N)(=O)=O)cc1)C(=O)Nc1cccc(C#N)c1. The summed E-state index contributed by atoms with van der Waals surface area (Å²) in [6.45, 7) is 1.39. The van der Waals surface area contributed by atoms with Crippen molar-refractivity contribution in [3.8, 4) is 6.07 Å². The van der Waals surface area contributed by atoms with Crippen molar-refractivity contribution in [1.82, 2.24) is 0 Å². The molecule has 2 aromatic rings. The summed E-state index contributed by atoms with van der Waals surface area (Å²) in [7, 11) is -3.86. The van der Waals surface area contributed by atoms with Crippen LogP contribution in [0.5, 0.6) is 0 Å². The monoisotopic (exact) mass is 373 g/mol. The Morgan fingerprint density at radius 2 is 1.85 bits per heavy atom. The molecule has 9 heteroatoms. The van der Waals surface area contributed by atoms with E-state index in [9.17, 15) is 18.0 Å². The zero-order valence-electron chi connectivity index (χ0n) is 13.7. The number of carbonyl (C=O) groups is 2. The van der Waals surface area contributed by atoms with E-state index in [-0.39, 0.29) is 10.5 Å². The Hall–Kier alpha value is -3.22. The van der Waals surface area contributed by atoms with E-state index < -0.39 is 28.0 Å². The number of primary sulfonamides is 1. The summed E-state index contributed by atoms with van der Waals surface area (Å²) in [5.41, 5.74) is 0.848. The minimum atomic E-state index is -3.86. The lowest BCUT2D eigenvalue weighted by atomic mass is 10.2. The number of nitrogens with zero attached hydrogens (tertiary/aromatic N) is 1. The smallest absolute Gasteiger partial charge is 0.338 e. The van der Waals surface area contributed by atoms with Crippen LogP contribution in [0, 0.1) is 11.3 Å². The highest BCUT2D eigenvalue weighted by Gasteiger charge is 2.19. The fourth-order valence-electron chi connectivity index (χ4n) is 1.97. The van der Waals surface area contributed by atoms with E-state index in [2.05, 4.69) is 5.32 Å². The molecule has 0 unspecified atom stereocenters. The number of nitriles is 1. The lowest BCUT2D eigenvalue weighted by molar-refractivity contribution is -0.123. The Kier molecular flexibility index (Phi) is 5.71. The van der Waals surface area contributed by atoms with Gasteiger partial charge in [0, 0.05) is 5.69 Å². The Labute approximate surface area is 150 Å². The number of nitrogens with two attached hydrogens (primary N) is 1. The standard InChI is InChI=1S/C17H15N3O5S/c1-11(16(21)20-14-4-2-3-12(9-14)10-18)25-17(22)13-5-7-15(8-6-13)26(19,23)24/h2-9,11H,1H3,(H,20,21)(H2,19,23,24)/t11-/m1/s1. The molecule has 0 radical (unpaired) electrons. The molecule has 134 valence electrons. The molecule has 0 aromatic heterocycles. The van der Waals surface area contributed by atoms with Crippen LogP contribution < -0.4 is 10.5 Å². The van der Waals surface area contributed by atoms with Gasteiger partial charge in [0.15, 0.2) is 6.10 Å². The molecular weight excluding hydrogens is 358 g/mol. The van der Waals surface area contributed by atoms with Crippen LogP contribution in [0.15, 0.2) is 53.4 Å². The second kappa shape index (κ2) is 7.77. The molecule has 0 spiro atoms. The number of ether oxygens (including phenoxy) is 1. The summed E-state index contributed by atoms with van der Waals surface area (Å²) in [6.07, 6.45) is -1.11. The van der Waals surface area contributed by atoms with Gasteiger partial charge in [-0.2, -0.15) is 5.26 Å². The van der Waals surface area contributed by atoms with Crippen LogP contribution in [-0.2, 0) is 19.6 Å². The van der Waals surface area contributed by atoms with Crippen molar-refractivity contribution < 1.29 is 22.7 Å². The van der Waals surface area contributed by atoms with Gasteiger partial charge in [-0.05, 0) is 49.4 Å². The molecule has 1 amide bonds. The maximum atomic E-state index is 12.1. The van der Waals surface area contributed by atoms with Crippen LogP contribution in [0.2, 0.25) is 0 Å². The number of hydrogen-bond acceptors (Lipinski definition) is 6. The fraction of sp³-hybridized carbons (Fsp3) is 0.118. The first-order valence-electron chi connectivity index (χ1n) is 7.35. The molecule has 2 aromatic carbocycles. The third-order valence-electron chi connectivity index (χ3n) is 3.33. The third-order valence-corrected chi connectivity index (χ3v) is 4.26. The Bertz CT molecular complexity index is 978. The first-order valence-corrected chi connectivity index (χ1v) is 8.90. The van der Waals surface area contributed by atoms with Crippen LogP contribution >= 0.6 is 0 Å². The largest absolute Gasteiger partial charge is 0.449 e. The van der Waals surface area contributed by atoms with E-state index >= 15 is 0 Å². The van der Waals surface area contributed by atoms with Crippen LogP contribution in [-0.4, -0.2) is 26.4 Å². The molecular formula is C17H15N3O5S. The first-order chi connectivity index (χ1) is 12.2. The summed E-state index contributed by atoms with van der Waals surface area (Å²) >= 11 is 0. The van der Waals surface area contributed by atoms with Crippen molar-refractivity contribution >= 4 is 27.6 Å². The van der Waals surface area contributed by atoms with Crippen LogP contribution in [0.25, 0.3) is 0 Å². The van der Waals surface area contributed by atoms with E-state index in [0.29, 0.717) is 11.3 Å². The van der Waals surface area contributed by atoms with E-state index in [1.54, 1.807) is 18.2 Å². The average Bonchev–Trinajstić information content (AvgIpc) is 2.61. The number of nitrogens with one attached hydrogen (secondary N) is 1. The maximum Gasteiger partial charge on any atom is 0.338 e. The number of hydrogen-bond donors (Lipinski definition) is 2. The van der Waals surface area contributed by atoms with Gasteiger partial charge in [-0.1, -0.05) is 6.07 Å². The summed E-state index contributed by atoms with van der Waals surface area (Å²) in [6, 6.07) is 13.0. The summed E-state index contributed by atoms with van der Waals surface area (Å²) in [5.74, 6) is -1.37. The summed E-state index contributed by atoms with van der Waals surface area (Å²) < 4.78 is 27.4. The predicted octanol–water partition coefficient (Wildman–Crippen LogP) is 1.39. The minimum Gasteiger partial charge on any atom is -0.449 e. The molecule has 8 nitrogen and oxygen atoms in total. The number of sulfonamides is 1. The van der Waals surface area contributed by atoms with Crippen molar-refractivity contribution in [2.45, 2.75) is 17.9 Å². The van der Waals surface area contributed by atoms with Gasteiger partial charge in [0.2, 0.25) is 10.0 Å². The number of anilines is 1. The van der Waals surface area contributed by atoms with Gasteiger partial charge in [-0.25, -0.2) is 18.4 Å². The molecule has 0 saturated heterocycles. The lowest BCUT2D eigenvalue weighted by Gasteiger charge is -2.13. The summed E-state index contributed by atoms with van der Waals surface area (Å²) in [5, 5.41) is 16.4. The molecule has 1 atom stereocenters. The zero-order chi connectivity index (χ0) is 19.3. The van der Waals surface area contributed by atoms with Gasteiger partial charge in [0.25, 0.3) is 5.91 Å². The second-order valence-electron chi connectivity index (χ2n) is 5.30. The van der Waals surface area contributed by atoms with Crippen molar-refractivity contribution in [3.05, 3.63) is 59.7 Å². The highest BCUT2D eigenvalue weighted by molar-refractivity contribution is 7.89. The average molecular weight is 373 g/mol. The van der Waals surface area contributed by atoms with Crippen molar-refractivity contribution in [2.75, 3.05) is 5.32 Å². The molecule has 0 aliphatic rings. The Morgan fingerprint density at radius 1 is 1.19 bits per heavy atom. The topological polar surface area (TPSA) is 139 Å². The molecule has 0 saturated carbocycles. The van der Waals surface area contributed by atoms with Gasteiger partial charge in [0.1, 0.15) is 0 Å². The van der Waals surface area contributed by atoms with Crippen molar-refractivity contribution in [2.24, 2.45) is 5.14 Å². The molecule has 26 heavy (non-hydrogen) atoms. The highest BCUT2D eigenvalue weighted by Crippen LogP contribution is 2.13. The van der Waals surface area contributed by atoms with Gasteiger partial charge in [-0.3, -0.25) is 4.79 Å². The maximum absolute atomic E-state index is 12.1. The van der Waals surface area contributed by atoms with Crippen molar-refractivity contribution in [1.29, 1.82) is 5.26 Å². The minimum absolute atomic E-state index is 0.0727. The molecule has 2 rings (SSSR count). The Morgan fingerprint density at radius 3 is 2.42 bits per heavy atom. The first kappa shape index (κ1) is 19.1.